The first-order chi connectivity index (χ1) is 8.30. The molecule has 0 spiro atoms. The van der Waals surface area contributed by atoms with E-state index >= 15 is 0 Å². The Labute approximate surface area is 109 Å². The van der Waals surface area contributed by atoms with Crippen molar-refractivity contribution in [2.45, 2.75) is 46.1 Å². The van der Waals surface area contributed by atoms with E-state index in [1.165, 1.54) is 0 Å². The third-order valence-corrected chi connectivity index (χ3v) is 2.77. The summed E-state index contributed by atoms with van der Waals surface area (Å²) in [6, 6.07) is 0. The molecule has 102 valence electrons. The third kappa shape index (κ3) is 3.32. The van der Waals surface area contributed by atoms with Crippen LogP contribution < -0.4 is 10.6 Å². The van der Waals surface area contributed by atoms with E-state index in [0.717, 1.165) is 23.0 Å². The predicted molar refractivity (Wildman–Crippen MR) is 75.2 cm³/mol. The van der Waals surface area contributed by atoms with Crippen molar-refractivity contribution in [1.82, 2.24) is 9.97 Å². The number of aromatic nitrogens is 2. The van der Waals surface area contributed by atoms with Gasteiger partial charge in [0.15, 0.2) is 0 Å². The molecule has 1 aromatic rings. The lowest BCUT2D eigenvalue weighted by atomic mass is 10.1. The summed E-state index contributed by atoms with van der Waals surface area (Å²) >= 11 is 0. The van der Waals surface area contributed by atoms with E-state index in [9.17, 15) is 5.11 Å². The van der Waals surface area contributed by atoms with Gasteiger partial charge in [-0.25, -0.2) is 9.97 Å². The number of hydrogen-bond donors (Lipinski definition) is 3. The lowest BCUT2D eigenvalue weighted by Gasteiger charge is -2.26. The van der Waals surface area contributed by atoms with E-state index in [1.807, 2.05) is 27.8 Å². The molecule has 0 aliphatic rings. The maximum absolute atomic E-state index is 9.33. The van der Waals surface area contributed by atoms with Crippen LogP contribution in [0, 0.1) is 6.92 Å². The predicted octanol–water partition coefficient (Wildman–Crippen LogP) is 2.13. The second kappa shape index (κ2) is 5.52. The van der Waals surface area contributed by atoms with Gasteiger partial charge in [-0.05, 0) is 20.8 Å². The fraction of sp³-hybridized carbons (Fsp3) is 0.692. The van der Waals surface area contributed by atoms with Crippen molar-refractivity contribution in [3.63, 3.8) is 0 Å². The topological polar surface area (TPSA) is 70.1 Å². The van der Waals surface area contributed by atoms with Crippen molar-refractivity contribution in [2.24, 2.45) is 0 Å². The Kier molecular flexibility index (Phi) is 4.51. The first-order valence-electron chi connectivity index (χ1n) is 6.26. The molecule has 0 atom stereocenters. The zero-order chi connectivity index (χ0) is 13.9. The molecule has 0 radical (unpaired) electrons. The van der Waals surface area contributed by atoms with E-state index in [-0.39, 0.29) is 12.5 Å². The number of anilines is 2. The summed E-state index contributed by atoms with van der Waals surface area (Å²) in [5.74, 6) is 2.65. The summed E-state index contributed by atoms with van der Waals surface area (Å²) < 4.78 is 0. The van der Waals surface area contributed by atoms with Crippen LogP contribution in [0.4, 0.5) is 11.6 Å². The number of nitrogens with zero attached hydrogens (tertiary/aromatic N) is 2. The monoisotopic (exact) mass is 252 g/mol. The number of hydrogen-bond acceptors (Lipinski definition) is 5. The molecule has 0 saturated carbocycles. The highest BCUT2D eigenvalue weighted by Crippen LogP contribution is 2.25. The highest BCUT2D eigenvalue weighted by Gasteiger charge is 2.20. The van der Waals surface area contributed by atoms with Crippen LogP contribution in [-0.4, -0.2) is 34.3 Å². The van der Waals surface area contributed by atoms with Crippen LogP contribution in [0.5, 0.6) is 0 Å². The standard InChI is InChI=1S/C13H24N4O/c1-8(2)10-15-11(14-6)9(3)12(16-10)17-13(4,5)7-18/h8,18H,7H2,1-6H3,(H2,14,15,16,17). The maximum Gasteiger partial charge on any atom is 0.135 e. The molecular formula is C13H24N4O. The van der Waals surface area contributed by atoms with Crippen molar-refractivity contribution >= 4 is 11.6 Å². The van der Waals surface area contributed by atoms with Crippen LogP contribution >= 0.6 is 0 Å². The van der Waals surface area contributed by atoms with E-state index in [4.69, 9.17) is 0 Å². The molecule has 0 aliphatic carbocycles. The summed E-state index contributed by atoms with van der Waals surface area (Å²) in [6.07, 6.45) is 0. The fourth-order valence-electron chi connectivity index (χ4n) is 1.52. The van der Waals surface area contributed by atoms with E-state index < -0.39 is 5.54 Å². The molecule has 1 aromatic heterocycles. The van der Waals surface area contributed by atoms with Crippen LogP contribution in [0.15, 0.2) is 0 Å². The second-order valence-electron chi connectivity index (χ2n) is 5.48. The zero-order valence-electron chi connectivity index (χ0n) is 12.1. The van der Waals surface area contributed by atoms with Gasteiger partial charge in [-0.3, -0.25) is 0 Å². The smallest absolute Gasteiger partial charge is 0.135 e. The minimum atomic E-state index is -0.404. The lowest BCUT2D eigenvalue weighted by molar-refractivity contribution is 0.233. The Balaban J connectivity index is 3.21. The number of rotatable bonds is 5. The van der Waals surface area contributed by atoms with Crippen LogP contribution in [0.2, 0.25) is 0 Å². The normalized spacial score (nSPS) is 11.8. The van der Waals surface area contributed by atoms with Crippen molar-refractivity contribution in [3.05, 3.63) is 11.4 Å². The highest BCUT2D eigenvalue weighted by molar-refractivity contribution is 5.58. The van der Waals surface area contributed by atoms with Crippen molar-refractivity contribution in [1.29, 1.82) is 0 Å². The van der Waals surface area contributed by atoms with E-state index in [2.05, 4.69) is 34.4 Å². The van der Waals surface area contributed by atoms with Gasteiger partial charge in [-0.15, -0.1) is 0 Å². The summed E-state index contributed by atoms with van der Waals surface area (Å²) in [5.41, 5.74) is 0.557. The molecule has 0 fully saturated rings. The maximum atomic E-state index is 9.33. The Hall–Kier alpha value is -1.36. The molecule has 5 nitrogen and oxygen atoms in total. The van der Waals surface area contributed by atoms with Crippen LogP contribution in [-0.2, 0) is 0 Å². The first-order valence-corrected chi connectivity index (χ1v) is 6.26. The van der Waals surface area contributed by atoms with Crippen molar-refractivity contribution < 1.29 is 5.11 Å². The molecule has 1 rings (SSSR count). The Morgan fingerprint density at radius 3 is 2.22 bits per heavy atom. The SMILES string of the molecule is CNc1nc(C(C)C)nc(NC(C)(C)CO)c1C. The molecule has 0 unspecified atom stereocenters. The number of aliphatic hydroxyl groups is 1. The lowest BCUT2D eigenvalue weighted by Crippen LogP contribution is -2.36. The van der Waals surface area contributed by atoms with Gasteiger partial charge in [0, 0.05) is 18.5 Å². The Morgan fingerprint density at radius 1 is 1.22 bits per heavy atom. The molecule has 0 saturated heterocycles. The van der Waals surface area contributed by atoms with Gasteiger partial charge in [-0.2, -0.15) is 0 Å². The molecule has 0 amide bonds. The fourth-order valence-corrected chi connectivity index (χ4v) is 1.52. The number of nitrogens with one attached hydrogen (secondary N) is 2. The van der Waals surface area contributed by atoms with Crippen molar-refractivity contribution in [2.75, 3.05) is 24.3 Å². The van der Waals surface area contributed by atoms with Gasteiger partial charge < -0.3 is 15.7 Å². The van der Waals surface area contributed by atoms with Gasteiger partial charge in [0.2, 0.25) is 0 Å². The first kappa shape index (κ1) is 14.7. The van der Waals surface area contributed by atoms with Crippen LogP contribution in [0.25, 0.3) is 0 Å². The van der Waals surface area contributed by atoms with E-state index in [0.29, 0.717) is 0 Å². The molecular weight excluding hydrogens is 228 g/mol. The Bertz CT molecular complexity index is 416. The van der Waals surface area contributed by atoms with Gasteiger partial charge in [-0.1, -0.05) is 13.8 Å². The molecule has 1 heterocycles. The molecule has 0 aromatic carbocycles. The van der Waals surface area contributed by atoms with Crippen LogP contribution in [0.1, 0.15) is 45.0 Å². The average Bonchev–Trinajstić information content (AvgIpc) is 2.31. The van der Waals surface area contributed by atoms with Gasteiger partial charge >= 0.3 is 0 Å². The minimum absolute atomic E-state index is 0.0440. The van der Waals surface area contributed by atoms with E-state index in [1.54, 1.807) is 0 Å². The summed E-state index contributed by atoms with van der Waals surface area (Å²) in [5, 5.41) is 15.7. The summed E-state index contributed by atoms with van der Waals surface area (Å²) in [6.45, 7) is 10.00. The molecule has 18 heavy (non-hydrogen) atoms. The Morgan fingerprint density at radius 2 is 1.78 bits per heavy atom. The number of aliphatic hydroxyl groups excluding tert-OH is 1. The molecule has 5 heteroatoms. The summed E-state index contributed by atoms with van der Waals surface area (Å²) in [4.78, 5) is 9.02. The second-order valence-corrected chi connectivity index (χ2v) is 5.48. The van der Waals surface area contributed by atoms with Crippen LogP contribution in [0.3, 0.4) is 0 Å². The highest BCUT2D eigenvalue weighted by atomic mass is 16.3. The zero-order valence-corrected chi connectivity index (χ0v) is 12.1. The average molecular weight is 252 g/mol. The molecule has 0 bridgehead atoms. The quantitative estimate of drug-likeness (QED) is 0.749. The van der Waals surface area contributed by atoms with Gasteiger partial charge in [0.05, 0.1) is 12.1 Å². The van der Waals surface area contributed by atoms with Crippen molar-refractivity contribution in [3.8, 4) is 0 Å². The summed E-state index contributed by atoms with van der Waals surface area (Å²) in [7, 11) is 1.85. The molecule has 3 N–H and O–H groups in total. The largest absolute Gasteiger partial charge is 0.394 e. The minimum Gasteiger partial charge on any atom is -0.394 e. The van der Waals surface area contributed by atoms with Gasteiger partial charge in [0.25, 0.3) is 0 Å². The molecule has 0 aliphatic heterocycles. The third-order valence-electron chi connectivity index (χ3n) is 2.77. The van der Waals surface area contributed by atoms with Gasteiger partial charge in [0.1, 0.15) is 17.5 Å².